The largest absolute Gasteiger partial charge is 0.398 e. The zero-order valence-electron chi connectivity index (χ0n) is 17.5. The second kappa shape index (κ2) is 7.67. The van der Waals surface area contributed by atoms with Crippen molar-refractivity contribution in [2.75, 3.05) is 31.7 Å². The van der Waals surface area contributed by atoms with Crippen molar-refractivity contribution in [1.82, 2.24) is 9.88 Å². The zero-order valence-corrected chi connectivity index (χ0v) is 18.2. The molecule has 2 atom stereocenters. The van der Waals surface area contributed by atoms with Crippen LogP contribution < -0.4 is 16.8 Å². The Balaban J connectivity index is 1.80. The molecule has 1 saturated carbocycles. The van der Waals surface area contributed by atoms with Crippen LogP contribution in [0.3, 0.4) is 0 Å². The van der Waals surface area contributed by atoms with Crippen LogP contribution in [0.4, 0.5) is 15.9 Å². The molecule has 4 rings (SSSR count). The first-order valence-corrected chi connectivity index (χ1v) is 10.5. The Morgan fingerprint density at radius 2 is 2.10 bits per heavy atom. The molecular weight excluding hydrogens is 421 g/mol. The van der Waals surface area contributed by atoms with Crippen molar-refractivity contribution in [3.05, 3.63) is 40.3 Å². The number of halogens is 2. The van der Waals surface area contributed by atoms with Gasteiger partial charge < -0.3 is 21.7 Å². The predicted octanol–water partition coefficient (Wildman–Crippen LogP) is 3.16. The van der Waals surface area contributed by atoms with Crippen molar-refractivity contribution in [3.63, 3.8) is 0 Å². The van der Waals surface area contributed by atoms with Gasteiger partial charge in [0.1, 0.15) is 11.6 Å². The van der Waals surface area contributed by atoms with Crippen molar-refractivity contribution in [1.29, 1.82) is 0 Å². The number of hydrogen-bond donors (Lipinski definition) is 3. The van der Waals surface area contributed by atoms with Gasteiger partial charge in [0.25, 0.3) is 5.91 Å². The molecule has 2 amide bonds. The molecule has 5 N–H and O–H groups in total. The Morgan fingerprint density at radius 3 is 2.77 bits per heavy atom. The lowest BCUT2D eigenvalue weighted by molar-refractivity contribution is -0.118. The van der Waals surface area contributed by atoms with E-state index < -0.39 is 11.7 Å². The smallest absolute Gasteiger partial charge is 0.258 e. The third-order valence-electron chi connectivity index (χ3n) is 6.42. The maximum Gasteiger partial charge on any atom is 0.258 e. The van der Waals surface area contributed by atoms with Gasteiger partial charge in [-0.1, -0.05) is 11.6 Å². The van der Waals surface area contributed by atoms with Gasteiger partial charge in [-0.25, -0.2) is 9.37 Å². The maximum atomic E-state index is 15.5. The fourth-order valence-electron chi connectivity index (χ4n) is 4.96. The fourth-order valence-corrected chi connectivity index (χ4v) is 5.40. The van der Waals surface area contributed by atoms with Crippen molar-refractivity contribution < 1.29 is 14.0 Å². The first kappa shape index (κ1) is 21.4. The van der Waals surface area contributed by atoms with Gasteiger partial charge >= 0.3 is 0 Å². The van der Waals surface area contributed by atoms with E-state index in [0.717, 1.165) is 24.8 Å². The number of nitrogen functional groups attached to an aromatic ring is 1. The van der Waals surface area contributed by atoms with E-state index in [1.165, 1.54) is 37.3 Å². The van der Waals surface area contributed by atoms with E-state index in [9.17, 15) is 9.59 Å². The number of nitrogens with one attached hydrogen (secondary N) is 1. The lowest BCUT2D eigenvalue weighted by Gasteiger charge is -2.25. The number of anilines is 2. The number of carbonyl (C=O) groups is 2. The highest BCUT2D eigenvalue weighted by atomic mass is 35.5. The van der Waals surface area contributed by atoms with Crippen LogP contribution in [0.5, 0.6) is 0 Å². The number of hydrogen-bond acceptors (Lipinski definition) is 5. The van der Waals surface area contributed by atoms with Gasteiger partial charge in [-0.05, 0) is 37.3 Å². The minimum Gasteiger partial charge on any atom is -0.398 e. The topological polar surface area (TPSA) is 114 Å². The summed E-state index contributed by atoms with van der Waals surface area (Å²) in [4.78, 5) is 29.6. The average molecular weight is 446 g/mol. The highest BCUT2D eigenvalue weighted by molar-refractivity contribution is 6.34. The number of rotatable bonds is 4. The summed E-state index contributed by atoms with van der Waals surface area (Å²) in [5.41, 5.74) is 12.3. The second-order valence-corrected chi connectivity index (χ2v) is 9.09. The van der Waals surface area contributed by atoms with Gasteiger partial charge in [0.15, 0.2) is 0 Å². The number of amides is 2. The molecule has 1 spiro atoms. The molecule has 0 saturated heterocycles. The summed E-state index contributed by atoms with van der Waals surface area (Å²) in [6.07, 6.45) is 4.31. The lowest BCUT2D eigenvalue weighted by atomic mass is 9.79. The number of benzene rings is 1. The van der Waals surface area contributed by atoms with E-state index in [1.54, 1.807) is 0 Å². The van der Waals surface area contributed by atoms with Gasteiger partial charge in [0.2, 0.25) is 5.91 Å². The number of fused-ring (bicyclic) bond motifs is 2. The normalized spacial score (nSPS) is 21.7. The Hall–Kier alpha value is -2.87. The zero-order chi connectivity index (χ0) is 22.5. The molecule has 2 aromatic rings. The fraction of sp³-hybridized carbons (Fsp3) is 0.409. The van der Waals surface area contributed by atoms with E-state index in [4.69, 9.17) is 23.1 Å². The molecule has 9 heteroatoms. The third kappa shape index (κ3) is 3.48. The van der Waals surface area contributed by atoms with Crippen LogP contribution in [0.25, 0.3) is 11.1 Å². The van der Waals surface area contributed by atoms with Crippen LogP contribution in [0.15, 0.2) is 18.3 Å². The summed E-state index contributed by atoms with van der Waals surface area (Å²) in [6.45, 7) is 0.655. The highest BCUT2D eigenvalue weighted by Gasteiger charge is 2.47. The summed E-state index contributed by atoms with van der Waals surface area (Å²) in [5.74, 6) is -0.699. The van der Waals surface area contributed by atoms with Crippen molar-refractivity contribution >= 4 is 34.9 Å². The van der Waals surface area contributed by atoms with E-state index in [2.05, 4.69) is 10.3 Å². The molecule has 1 aliphatic heterocycles. The molecule has 1 aromatic carbocycles. The molecule has 1 fully saturated rings. The Labute approximate surface area is 184 Å². The number of aromatic nitrogens is 1. The average Bonchev–Trinajstić information content (AvgIpc) is 3.26. The molecule has 0 unspecified atom stereocenters. The number of pyridine rings is 1. The molecule has 164 valence electrons. The summed E-state index contributed by atoms with van der Waals surface area (Å²) in [7, 11) is 3.08. The molecule has 0 bridgehead atoms. The molecule has 2 aliphatic rings. The SMILES string of the molecule is CN(C)C(=O)c1c(N)ccc(-c2cnc3c(c2Cl)[C@]2(CC[C@@H](CC(N)=O)C2)CN3)c1F. The molecule has 7 nitrogen and oxygen atoms in total. The van der Waals surface area contributed by atoms with Gasteiger partial charge in [-0.15, -0.1) is 0 Å². The third-order valence-corrected chi connectivity index (χ3v) is 6.82. The van der Waals surface area contributed by atoms with Crippen LogP contribution in [-0.4, -0.2) is 42.3 Å². The number of primary amides is 1. The minimum atomic E-state index is -0.722. The number of carbonyl (C=O) groups excluding carboxylic acids is 2. The molecule has 1 aromatic heterocycles. The first-order valence-electron chi connectivity index (χ1n) is 10.2. The minimum absolute atomic E-state index is 0.0633. The molecule has 1 aliphatic carbocycles. The summed E-state index contributed by atoms with van der Waals surface area (Å²) < 4.78 is 15.5. The second-order valence-electron chi connectivity index (χ2n) is 8.71. The van der Waals surface area contributed by atoms with E-state index in [0.29, 0.717) is 29.4 Å². The Kier molecular flexibility index (Phi) is 5.29. The standard InChI is InChI=1S/C22H25ClFN5O2/c1-29(2)21(31)16-14(25)4-3-12(19(16)24)13-9-27-20-17(18(13)23)22(10-28-20)6-5-11(8-22)7-15(26)30/h3-4,9,11H,5-8,10,25H2,1-2H3,(H2,26,30)(H,27,28)/t11-,22-/m0/s1. The Bertz CT molecular complexity index is 1090. The van der Waals surface area contributed by atoms with Crippen LogP contribution in [-0.2, 0) is 10.2 Å². The van der Waals surface area contributed by atoms with Crippen LogP contribution in [0, 0.1) is 11.7 Å². The summed E-state index contributed by atoms with van der Waals surface area (Å²) >= 11 is 6.85. The first-order chi connectivity index (χ1) is 14.6. The predicted molar refractivity (Wildman–Crippen MR) is 118 cm³/mol. The summed E-state index contributed by atoms with van der Waals surface area (Å²) in [5, 5.41) is 3.71. The molecule has 31 heavy (non-hydrogen) atoms. The van der Waals surface area contributed by atoms with Crippen molar-refractivity contribution in [3.8, 4) is 11.1 Å². The van der Waals surface area contributed by atoms with Crippen LogP contribution >= 0.6 is 11.6 Å². The van der Waals surface area contributed by atoms with Crippen molar-refractivity contribution in [2.24, 2.45) is 11.7 Å². The monoisotopic (exact) mass is 445 g/mol. The van der Waals surface area contributed by atoms with Gasteiger partial charge in [0, 0.05) is 61.1 Å². The van der Waals surface area contributed by atoms with E-state index in [1.807, 2.05) is 0 Å². The molecular formula is C22H25ClFN5O2. The van der Waals surface area contributed by atoms with Gasteiger partial charge in [-0.2, -0.15) is 0 Å². The molecule has 0 radical (unpaired) electrons. The Morgan fingerprint density at radius 1 is 1.35 bits per heavy atom. The quantitative estimate of drug-likeness (QED) is 0.625. The lowest BCUT2D eigenvalue weighted by Crippen LogP contribution is -2.26. The van der Waals surface area contributed by atoms with Crippen molar-refractivity contribution in [2.45, 2.75) is 31.1 Å². The van der Waals surface area contributed by atoms with Crippen LogP contribution in [0.1, 0.15) is 41.6 Å². The van der Waals surface area contributed by atoms with Gasteiger partial charge in [0.05, 0.1) is 10.6 Å². The molecule has 2 heterocycles. The van der Waals surface area contributed by atoms with Gasteiger partial charge in [-0.3, -0.25) is 9.59 Å². The van der Waals surface area contributed by atoms with E-state index in [-0.39, 0.29) is 34.1 Å². The number of nitrogens with two attached hydrogens (primary N) is 2. The van der Waals surface area contributed by atoms with Crippen LogP contribution in [0.2, 0.25) is 5.02 Å². The highest BCUT2D eigenvalue weighted by Crippen LogP contribution is 2.54. The number of nitrogens with zero attached hydrogens (tertiary/aromatic N) is 2. The van der Waals surface area contributed by atoms with E-state index >= 15 is 4.39 Å². The maximum absolute atomic E-state index is 15.5. The summed E-state index contributed by atoms with van der Waals surface area (Å²) in [6, 6.07) is 3.02.